The van der Waals surface area contributed by atoms with E-state index in [1.165, 1.54) is 5.56 Å². The van der Waals surface area contributed by atoms with E-state index >= 15 is 0 Å². The van der Waals surface area contributed by atoms with Crippen molar-refractivity contribution in [3.63, 3.8) is 0 Å². The van der Waals surface area contributed by atoms with E-state index in [-0.39, 0.29) is 12.0 Å². The van der Waals surface area contributed by atoms with Crippen LogP contribution in [0.15, 0.2) is 24.3 Å². The highest BCUT2D eigenvalue weighted by Crippen LogP contribution is 2.04. The number of hydrogen-bond donors (Lipinski definition) is 1. The molecule has 5 nitrogen and oxygen atoms in total. The van der Waals surface area contributed by atoms with Crippen molar-refractivity contribution >= 4 is 12.0 Å². The molecule has 20 heavy (non-hydrogen) atoms. The lowest BCUT2D eigenvalue weighted by molar-refractivity contribution is -0.120. The number of carbonyl (C=O) groups excluding carboxylic acids is 2. The van der Waals surface area contributed by atoms with E-state index in [9.17, 15) is 9.59 Å². The van der Waals surface area contributed by atoms with E-state index in [4.69, 9.17) is 4.74 Å². The lowest BCUT2D eigenvalue weighted by Gasteiger charge is -2.12. The third-order valence-corrected chi connectivity index (χ3v) is 3.26. The zero-order valence-electron chi connectivity index (χ0n) is 11.7. The second kappa shape index (κ2) is 6.93. The zero-order chi connectivity index (χ0) is 14.4. The van der Waals surface area contributed by atoms with Gasteiger partial charge in [0, 0.05) is 13.1 Å². The van der Waals surface area contributed by atoms with Gasteiger partial charge in [0.25, 0.3) is 0 Å². The van der Waals surface area contributed by atoms with Gasteiger partial charge in [0.1, 0.15) is 6.61 Å². The monoisotopic (exact) mass is 276 g/mol. The average molecular weight is 276 g/mol. The van der Waals surface area contributed by atoms with Crippen molar-refractivity contribution < 1.29 is 14.3 Å². The Morgan fingerprint density at radius 2 is 2.10 bits per heavy atom. The summed E-state index contributed by atoms with van der Waals surface area (Å²) in [5, 5.41) is 2.87. The largest absolute Gasteiger partial charge is 0.448 e. The van der Waals surface area contributed by atoms with Gasteiger partial charge in [-0.2, -0.15) is 0 Å². The number of ether oxygens (including phenoxy) is 1. The Hall–Kier alpha value is -2.04. The molecule has 108 valence electrons. The molecule has 1 heterocycles. The predicted molar refractivity (Wildman–Crippen MR) is 75.4 cm³/mol. The van der Waals surface area contributed by atoms with Crippen LogP contribution in [-0.2, 0) is 16.0 Å². The van der Waals surface area contributed by atoms with Crippen molar-refractivity contribution in [2.24, 2.45) is 0 Å². The standard InChI is InChI=1S/C15H20N2O3/c1-12-3-5-13(6-4-12)11-14(18)16-7-2-8-17-9-10-20-15(17)19/h3-6H,2,7-11H2,1H3,(H,16,18). The van der Waals surface area contributed by atoms with Crippen LogP contribution >= 0.6 is 0 Å². The number of cyclic esters (lactones) is 1. The lowest BCUT2D eigenvalue weighted by atomic mass is 10.1. The number of rotatable bonds is 6. The fourth-order valence-electron chi connectivity index (χ4n) is 2.08. The molecular weight excluding hydrogens is 256 g/mol. The highest BCUT2D eigenvalue weighted by Gasteiger charge is 2.20. The van der Waals surface area contributed by atoms with Gasteiger partial charge in [-0.05, 0) is 18.9 Å². The molecule has 0 aliphatic carbocycles. The van der Waals surface area contributed by atoms with Gasteiger partial charge >= 0.3 is 6.09 Å². The molecule has 0 aromatic heterocycles. The molecule has 1 aliphatic heterocycles. The smallest absolute Gasteiger partial charge is 0.409 e. The summed E-state index contributed by atoms with van der Waals surface area (Å²) in [6.45, 7) is 4.35. The van der Waals surface area contributed by atoms with Crippen LogP contribution in [0, 0.1) is 6.92 Å². The predicted octanol–water partition coefficient (Wildman–Crippen LogP) is 1.50. The van der Waals surface area contributed by atoms with Gasteiger partial charge < -0.3 is 15.0 Å². The SMILES string of the molecule is Cc1ccc(CC(=O)NCCCN2CCOC2=O)cc1. The van der Waals surface area contributed by atoms with Crippen LogP contribution in [0.3, 0.4) is 0 Å². The first-order chi connectivity index (χ1) is 9.65. The van der Waals surface area contributed by atoms with Crippen LogP contribution in [0.1, 0.15) is 17.5 Å². The van der Waals surface area contributed by atoms with Gasteiger partial charge in [-0.25, -0.2) is 4.79 Å². The fraction of sp³-hybridized carbons (Fsp3) is 0.467. The highest BCUT2D eigenvalue weighted by atomic mass is 16.6. The van der Waals surface area contributed by atoms with E-state index in [2.05, 4.69) is 5.32 Å². The Morgan fingerprint density at radius 1 is 1.35 bits per heavy atom. The second-order valence-electron chi connectivity index (χ2n) is 4.97. The summed E-state index contributed by atoms with van der Waals surface area (Å²) in [4.78, 5) is 24.6. The van der Waals surface area contributed by atoms with Gasteiger partial charge in [-0.1, -0.05) is 29.8 Å². The van der Waals surface area contributed by atoms with Crippen molar-refractivity contribution in [3.8, 4) is 0 Å². The van der Waals surface area contributed by atoms with Crippen LogP contribution in [-0.4, -0.2) is 43.1 Å². The number of nitrogens with zero attached hydrogens (tertiary/aromatic N) is 1. The Bertz CT molecular complexity index is 471. The summed E-state index contributed by atoms with van der Waals surface area (Å²) in [5.74, 6) is 0.0119. The average Bonchev–Trinajstić information content (AvgIpc) is 2.83. The third kappa shape index (κ3) is 4.26. The molecule has 2 amide bonds. The summed E-state index contributed by atoms with van der Waals surface area (Å²) in [7, 11) is 0. The number of carbonyl (C=O) groups is 2. The van der Waals surface area contributed by atoms with Crippen LogP contribution < -0.4 is 5.32 Å². The molecule has 0 saturated carbocycles. The summed E-state index contributed by atoms with van der Waals surface area (Å²) in [6, 6.07) is 7.94. The van der Waals surface area contributed by atoms with Crippen LogP contribution in [0.25, 0.3) is 0 Å². The number of benzene rings is 1. The first-order valence-corrected chi connectivity index (χ1v) is 6.89. The molecule has 1 saturated heterocycles. The van der Waals surface area contributed by atoms with Crippen molar-refractivity contribution in [3.05, 3.63) is 35.4 Å². The van der Waals surface area contributed by atoms with E-state index in [0.29, 0.717) is 32.7 Å². The van der Waals surface area contributed by atoms with Crippen molar-refractivity contribution in [2.45, 2.75) is 19.8 Å². The fourth-order valence-corrected chi connectivity index (χ4v) is 2.08. The van der Waals surface area contributed by atoms with Crippen molar-refractivity contribution in [2.75, 3.05) is 26.2 Å². The molecule has 1 aliphatic rings. The van der Waals surface area contributed by atoms with Crippen molar-refractivity contribution in [1.29, 1.82) is 0 Å². The lowest BCUT2D eigenvalue weighted by Crippen LogP contribution is -2.31. The Morgan fingerprint density at radius 3 is 2.75 bits per heavy atom. The van der Waals surface area contributed by atoms with Crippen LogP contribution in [0.5, 0.6) is 0 Å². The number of amides is 2. The molecule has 2 rings (SSSR count). The summed E-state index contributed by atoms with van der Waals surface area (Å²) in [5.41, 5.74) is 2.20. The minimum atomic E-state index is -0.254. The molecule has 1 N–H and O–H groups in total. The molecule has 1 aromatic rings. The number of aryl methyl sites for hydroxylation is 1. The quantitative estimate of drug-likeness (QED) is 0.801. The number of hydrogen-bond acceptors (Lipinski definition) is 3. The van der Waals surface area contributed by atoms with Gasteiger partial charge in [0.2, 0.25) is 5.91 Å². The maximum Gasteiger partial charge on any atom is 0.409 e. The highest BCUT2D eigenvalue weighted by molar-refractivity contribution is 5.78. The van der Waals surface area contributed by atoms with Crippen molar-refractivity contribution in [1.82, 2.24) is 10.2 Å². The summed E-state index contributed by atoms with van der Waals surface area (Å²) < 4.78 is 4.83. The third-order valence-electron chi connectivity index (χ3n) is 3.26. The Balaban J connectivity index is 1.62. The maximum absolute atomic E-state index is 11.7. The van der Waals surface area contributed by atoms with E-state index in [1.807, 2.05) is 31.2 Å². The number of nitrogens with one attached hydrogen (secondary N) is 1. The van der Waals surface area contributed by atoms with Gasteiger partial charge in [-0.15, -0.1) is 0 Å². The molecule has 0 atom stereocenters. The van der Waals surface area contributed by atoms with Gasteiger partial charge in [0.15, 0.2) is 0 Å². The van der Waals surface area contributed by atoms with Gasteiger partial charge in [-0.3, -0.25) is 4.79 Å². The van der Waals surface area contributed by atoms with E-state index in [1.54, 1.807) is 4.90 Å². The zero-order valence-corrected chi connectivity index (χ0v) is 11.7. The molecule has 0 spiro atoms. The van der Waals surface area contributed by atoms with E-state index < -0.39 is 0 Å². The second-order valence-corrected chi connectivity index (χ2v) is 4.97. The molecular formula is C15H20N2O3. The normalized spacial score (nSPS) is 14.2. The Kier molecular flexibility index (Phi) is 4.98. The minimum absolute atomic E-state index is 0.0119. The Labute approximate surface area is 118 Å². The molecule has 0 radical (unpaired) electrons. The molecule has 0 bridgehead atoms. The summed E-state index contributed by atoms with van der Waals surface area (Å²) in [6.07, 6.45) is 0.886. The molecule has 1 aromatic carbocycles. The summed E-state index contributed by atoms with van der Waals surface area (Å²) >= 11 is 0. The first-order valence-electron chi connectivity index (χ1n) is 6.89. The van der Waals surface area contributed by atoms with E-state index in [0.717, 1.165) is 12.0 Å². The molecule has 1 fully saturated rings. The molecule has 5 heteroatoms. The molecule has 0 unspecified atom stereocenters. The van der Waals surface area contributed by atoms with Crippen LogP contribution in [0.2, 0.25) is 0 Å². The van der Waals surface area contributed by atoms with Gasteiger partial charge in [0.05, 0.1) is 13.0 Å². The van der Waals surface area contributed by atoms with Crippen LogP contribution in [0.4, 0.5) is 4.79 Å². The maximum atomic E-state index is 11.7. The first kappa shape index (κ1) is 14.4. The topological polar surface area (TPSA) is 58.6 Å². The minimum Gasteiger partial charge on any atom is -0.448 e.